The lowest BCUT2D eigenvalue weighted by Gasteiger charge is -2.21. The van der Waals surface area contributed by atoms with Crippen molar-refractivity contribution in [2.24, 2.45) is 5.73 Å². The van der Waals surface area contributed by atoms with E-state index in [2.05, 4.69) is 10.1 Å². The first-order valence-electron chi connectivity index (χ1n) is 5.86. The Hall–Kier alpha value is -0.940. The molecule has 5 nitrogen and oxygen atoms in total. The molecule has 1 heterocycles. The number of nitrogens with two attached hydrogens (primary N) is 1. The average molecular weight is 227 g/mol. The molecule has 0 aromatic carbocycles. The second kappa shape index (κ2) is 5.96. The molecule has 0 saturated carbocycles. The van der Waals surface area contributed by atoms with Gasteiger partial charge >= 0.3 is 0 Å². The Morgan fingerprint density at radius 3 is 2.56 bits per heavy atom. The lowest BCUT2D eigenvalue weighted by molar-refractivity contribution is 0.144. The van der Waals surface area contributed by atoms with E-state index in [1.807, 2.05) is 20.8 Å². The maximum atomic E-state index is 6.17. The van der Waals surface area contributed by atoms with Crippen LogP contribution in [0.15, 0.2) is 4.52 Å². The molecule has 5 heteroatoms. The molecule has 0 aliphatic rings. The van der Waals surface area contributed by atoms with Crippen LogP contribution in [0, 0.1) is 0 Å². The van der Waals surface area contributed by atoms with Crippen LogP contribution in [0.1, 0.15) is 45.3 Å². The Bertz CT molecular complexity index is 308. The van der Waals surface area contributed by atoms with Gasteiger partial charge in [0, 0.05) is 6.61 Å². The first-order valence-corrected chi connectivity index (χ1v) is 5.86. The molecule has 2 N–H and O–H groups in total. The molecule has 0 fully saturated rings. The molecule has 0 spiro atoms. The zero-order valence-corrected chi connectivity index (χ0v) is 10.3. The van der Waals surface area contributed by atoms with Crippen molar-refractivity contribution in [1.29, 1.82) is 0 Å². The van der Waals surface area contributed by atoms with Gasteiger partial charge in [-0.15, -0.1) is 0 Å². The van der Waals surface area contributed by atoms with Crippen molar-refractivity contribution in [3.05, 3.63) is 11.7 Å². The third-order valence-electron chi connectivity index (χ3n) is 2.84. The van der Waals surface area contributed by atoms with Crippen molar-refractivity contribution in [2.75, 3.05) is 13.2 Å². The van der Waals surface area contributed by atoms with E-state index in [4.69, 9.17) is 15.0 Å². The number of nitrogens with zero attached hydrogens (tertiary/aromatic N) is 2. The van der Waals surface area contributed by atoms with Crippen LogP contribution in [0.4, 0.5) is 0 Å². The molecule has 0 unspecified atom stereocenters. The van der Waals surface area contributed by atoms with Crippen LogP contribution < -0.4 is 5.73 Å². The van der Waals surface area contributed by atoms with E-state index >= 15 is 0 Å². The van der Waals surface area contributed by atoms with Gasteiger partial charge in [0.1, 0.15) is 0 Å². The lowest BCUT2D eigenvalue weighted by Crippen LogP contribution is -2.36. The normalized spacial score (nSPS) is 12.0. The fraction of sp³-hybridized carbons (Fsp3) is 0.818. The highest BCUT2D eigenvalue weighted by molar-refractivity contribution is 5.02. The summed E-state index contributed by atoms with van der Waals surface area (Å²) in [5, 5.41) is 3.94. The molecule has 0 amide bonds. The van der Waals surface area contributed by atoms with E-state index in [0.29, 0.717) is 31.3 Å². The van der Waals surface area contributed by atoms with Gasteiger partial charge in [-0.2, -0.15) is 4.98 Å². The molecule has 0 atom stereocenters. The summed E-state index contributed by atoms with van der Waals surface area (Å²) < 4.78 is 10.4. The first-order chi connectivity index (χ1) is 7.66. The van der Waals surface area contributed by atoms with Gasteiger partial charge in [-0.1, -0.05) is 19.0 Å². The number of aromatic nitrogens is 2. The Kier molecular flexibility index (Phi) is 4.89. The Balaban J connectivity index is 2.63. The first kappa shape index (κ1) is 13.1. The number of hydrogen-bond acceptors (Lipinski definition) is 5. The summed E-state index contributed by atoms with van der Waals surface area (Å²) in [6.07, 6.45) is 2.24. The lowest BCUT2D eigenvalue weighted by atomic mass is 9.93. The van der Waals surface area contributed by atoms with Gasteiger partial charge in [0.15, 0.2) is 5.82 Å². The molecule has 16 heavy (non-hydrogen) atoms. The molecule has 1 rings (SSSR count). The predicted molar refractivity (Wildman–Crippen MR) is 60.9 cm³/mol. The molecular weight excluding hydrogens is 206 g/mol. The quantitative estimate of drug-likeness (QED) is 0.716. The standard InChI is InChI=1S/C11H21N3O2/c1-4-11(12,5-2)10-13-9(16-14-10)7-8-15-6-3/h4-8,12H2,1-3H3. The topological polar surface area (TPSA) is 74.2 Å². The van der Waals surface area contributed by atoms with E-state index in [1.54, 1.807) is 0 Å². The third-order valence-corrected chi connectivity index (χ3v) is 2.84. The molecule has 1 aromatic heterocycles. The summed E-state index contributed by atoms with van der Waals surface area (Å²) in [4.78, 5) is 4.31. The minimum Gasteiger partial charge on any atom is -0.381 e. The van der Waals surface area contributed by atoms with Crippen LogP contribution in [-0.2, 0) is 16.7 Å². The summed E-state index contributed by atoms with van der Waals surface area (Å²) in [5.41, 5.74) is 5.70. The molecule has 1 aromatic rings. The SMILES string of the molecule is CCOCCc1nc(C(N)(CC)CC)no1. The van der Waals surface area contributed by atoms with Crippen LogP contribution in [0.3, 0.4) is 0 Å². The fourth-order valence-electron chi connectivity index (χ4n) is 1.43. The van der Waals surface area contributed by atoms with E-state index in [0.717, 1.165) is 12.8 Å². The van der Waals surface area contributed by atoms with Gasteiger partial charge in [-0.25, -0.2) is 0 Å². The number of ether oxygens (including phenoxy) is 1. The zero-order chi connectivity index (χ0) is 12.0. The van der Waals surface area contributed by atoms with E-state index in [-0.39, 0.29) is 0 Å². The Morgan fingerprint density at radius 2 is 2.00 bits per heavy atom. The monoisotopic (exact) mass is 227 g/mol. The van der Waals surface area contributed by atoms with Crippen LogP contribution in [0.2, 0.25) is 0 Å². The van der Waals surface area contributed by atoms with Gasteiger partial charge < -0.3 is 15.0 Å². The van der Waals surface area contributed by atoms with Gasteiger partial charge in [0.25, 0.3) is 0 Å². The number of hydrogen-bond donors (Lipinski definition) is 1. The second-order valence-corrected chi connectivity index (χ2v) is 3.82. The summed E-state index contributed by atoms with van der Waals surface area (Å²) in [6.45, 7) is 7.32. The van der Waals surface area contributed by atoms with Crippen molar-refractivity contribution in [2.45, 2.75) is 45.6 Å². The molecular formula is C11H21N3O2. The third kappa shape index (κ3) is 3.02. The summed E-state index contributed by atoms with van der Waals surface area (Å²) >= 11 is 0. The molecule has 0 radical (unpaired) electrons. The maximum absolute atomic E-state index is 6.17. The van der Waals surface area contributed by atoms with E-state index < -0.39 is 5.54 Å². The molecule has 0 saturated heterocycles. The highest BCUT2D eigenvalue weighted by Crippen LogP contribution is 2.22. The average Bonchev–Trinajstić information content (AvgIpc) is 2.78. The minimum atomic E-state index is -0.465. The molecule has 92 valence electrons. The van der Waals surface area contributed by atoms with Gasteiger partial charge in [-0.05, 0) is 19.8 Å². The van der Waals surface area contributed by atoms with Crippen molar-refractivity contribution in [1.82, 2.24) is 10.1 Å². The van der Waals surface area contributed by atoms with E-state index in [9.17, 15) is 0 Å². The highest BCUT2D eigenvalue weighted by Gasteiger charge is 2.28. The predicted octanol–water partition coefficient (Wildman–Crippen LogP) is 1.62. The smallest absolute Gasteiger partial charge is 0.229 e. The van der Waals surface area contributed by atoms with Crippen LogP contribution >= 0.6 is 0 Å². The van der Waals surface area contributed by atoms with Crippen LogP contribution in [-0.4, -0.2) is 23.4 Å². The molecule has 0 bridgehead atoms. The number of rotatable bonds is 7. The van der Waals surface area contributed by atoms with Crippen molar-refractivity contribution >= 4 is 0 Å². The van der Waals surface area contributed by atoms with Gasteiger partial charge in [-0.3, -0.25) is 0 Å². The molecule has 0 aliphatic carbocycles. The molecule has 0 aliphatic heterocycles. The summed E-state index contributed by atoms with van der Waals surface area (Å²) in [7, 11) is 0. The van der Waals surface area contributed by atoms with Gasteiger partial charge in [0.05, 0.1) is 18.6 Å². The van der Waals surface area contributed by atoms with Crippen molar-refractivity contribution < 1.29 is 9.26 Å². The zero-order valence-electron chi connectivity index (χ0n) is 10.3. The Morgan fingerprint density at radius 1 is 1.31 bits per heavy atom. The van der Waals surface area contributed by atoms with Crippen molar-refractivity contribution in [3.63, 3.8) is 0 Å². The fourth-order valence-corrected chi connectivity index (χ4v) is 1.43. The van der Waals surface area contributed by atoms with Crippen molar-refractivity contribution in [3.8, 4) is 0 Å². The summed E-state index contributed by atoms with van der Waals surface area (Å²) in [6, 6.07) is 0. The van der Waals surface area contributed by atoms with Crippen LogP contribution in [0.25, 0.3) is 0 Å². The summed E-state index contributed by atoms with van der Waals surface area (Å²) in [5.74, 6) is 1.20. The maximum Gasteiger partial charge on any atom is 0.229 e. The largest absolute Gasteiger partial charge is 0.381 e. The Labute approximate surface area is 96.4 Å². The van der Waals surface area contributed by atoms with Gasteiger partial charge in [0.2, 0.25) is 5.89 Å². The minimum absolute atomic E-state index is 0.465. The highest BCUT2D eigenvalue weighted by atomic mass is 16.5. The van der Waals surface area contributed by atoms with E-state index in [1.165, 1.54) is 0 Å². The second-order valence-electron chi connectivity index (χ2n) is 3.82. The van der Waals surface area contributed by atoms with Crippen LogP contribution in [0.5, 0.6) is 0 Å².